The molecule has 1 heterocycles. The lowest BCUT2D eigenvalue weighted by molar-refractivity contribution is -0.150. The van der Waals surface area contributed by atoms with Gasteiger partial charge in [0.25, 0.3) is 0 Å². The van der Waals surface area contributed by atoms with Gasteiger partial charge >= 0.3 is 12.1 Å². The molecule has 1 N–H and O–H groups in total. The molecule has 7 heteroatoms. The maximum atomic E-state index is 13.1. The van der Waals surface area contributed by atoms with E-state index in [9.17, 15) is 19.1 Å². The third kappa shape index (κ3) is 3.77. The number of carbonyl (C=O) groups excluding carboxylic acids is 1. The Morgan fingerprint density at radius 3 is 2.29 bits per heavy atom. The SMILES string of the molecule is CC(C)(C)OC(=O)N1CCN(c2ccc(F)cc2)CC1(C)C(=O)O. The molecule has 0 bridgehead atoms. The Morgan fingerprint density at radius 2 is 1.79 bits per heavy atom. The molecule has 1 atom stereocenters. The molecule has 1 amide bonds. The topological polar surface area (TPSA) is 70.1 Å². The number of piperazine rings is 1. The molecular weight excluding hydrogens is 315 g/mol. The number of benzene rings is 1. The second-order valence-electron chi connectivity index (χ2n) is 7.11. The van der Waals surface area contributed by atoms with Crippen molar-refractivity contribution in [2.45, 2.75) is 38.8 Å². The third-order valence-corrected chi connectivity index (χ3v) is 3.95. The summed E-state index contributed by atoms with van der Waals surface area (Å²) in [5, 5.41) is 9.69. The largest absolute Gasteiger partial charge is 0.479 e. The highest BCUT2D eigenvalue weighted by molar-refractivity contribution is 5.85. The number of halogens is 1. The predicted molar refractivity (Wildman–Crippen MR) is 87.6 cm³/mol. The number of amides is 1. The van der Waals surface area contributed by atoms with E-state index in [2.05, 4.69) is 0 Å². The van der Waals surface area contributed by atoms with E-state index in [-0.39, 0.29) is 18.9 Å². The highest BCUT2D eigenvalue weighted by atomic mass is 19.1. The summed E-state index contributed by atoms with van der Waals surface area (Å²) in [5.74, 6) is -1.47. The van der Waals surface area contributed by atoms with Crippen LogP contribution in [0.5, 0.6) is 0 Å². The van der Waals surface area contributed by atoms with Crippen LogP contribution in [0.2, 0.25) is 0 Å². The van der Waals surface area contributed by atoms with Crippen LogP contribution < -0.4 is 4.90 Å². The maximum absolute atomic E-state index is 13.1. The molecule has 24 heavy (non-hydrogen) atoms. The lowest BCUT2D eigenvalue weighted by Gasteiger charge is -2.46. The van der Waals surface area contributed by atoms with Gasteiger partial charge in [-0.25, -0.2) is 14.0 Å². The zero-order valence-corrected chi connectivity index (χ0v) is 14.4. The first-order valence-corrected chi connectivity index (χ1v) is 7.77. The van der Waals surface area contributed by atoms with Crippen molar-refractivity contribution in [3.05, 3.63) is 30.1 Å². The summed E-state index contributed by atoms with van der Waals surface area (Å²) in [6, 6.07) is 5.85. The van der Waals surface area contributed by atoms with E-state index < -0.39 is 23.2 Å². The molecule has 0 aliphatic carbocycles. The predicted octanol–water partition coefficient (Wildman–Crippen LogP) is 2.73. The molecule has 6 nitrogen and oxygen atoms in total. The Kier molecular flexibility index (Phi) is 4.73. The average molecular weight is 338 g/mol. The molecular formula is C17H23FN2O4. The number of hydrogen-bond donors (Lipinski definition) is 1. The summed E-state index contributed by atoms with van der Waals surface area (Å²) in [5.41, 5.74) is -1.42. The van der Waals surface area contributed by atoms with Crippen LogP contribution in [0.15, 0.2) is 24.3 Å². The van der Waals surface area contributed by atoms with Crippen LogP contribution in [0.4, 0.5) is 14.9 Å². The molecule has 0 radical (unpaired) electrons. The van der Waals surface area contributed by atoms with Gasteiger partial charge in [-0.1, -0.05) is 0 Å². The average Bonchev–Trinajstić information content (AvgIpc) is 2.45. The van der Waals surface area contributed by atoms with Crippen molar-refractivity contribution in [3.63, 3.8) is 0 Å². The number of carboxylic acids is 1. The second kappa shape index (κ2) is 6.30. The van der Waals surface area contributed by atoms with Crippen LogP contribution in [0.25, 0.3) is 0 Å². The van der Waals surface area contributed by atoms with Gasteiger partial charge in [0.15, 0.2) is 5.54 Å². The first-order valence-electron chi connectivity index (χ1n) is 7.77. The van der Waals surface area contributed by atoms with E-state index in [1.165, 1.54) is 24.0 Å². The van der Waals surface area contributed by atoms with E-state index in [4.69, 9.17) is 4.74 Å². The van der Waals surface area contributed by atoms with Crippen molar-refractivity contribution in [2.75, 3.05) is 24.5 Å². The molecule has 1 aromatic carbocycles. The lowest BCUT2D eigenvalue weighted by Crippen LogP contribution is -2.66. The fourth-order valence-corrected chi connectivity index (χ4v) is 2.67. The summed E-state index contributed by atoms with van der Waals surface area (Å²) >= 11 is 0. The number of carbonyl (C=O) groups is 2. The van der Waals surface area contributed by atoms with Crippen molar-refractivity contribution in [3.8, 4) is 0 Å². The first kappa shape index (κ1) is 18.0. The Labute approximate surface area is 140 Å². The number of rotatable bonds is 2. The number of anilines is 1. The Morgan fingerprint density at radius 1 is 1.21 bits per heavy atom. The van der Waals surface area contributed by atoms with E-state index in [0.29, 0.717) is 12.2 Å². The summed E-state index contributed by atoms with van der Waals surface area (Å²) in [6.45, 7) is 7.43. The molecule has 1 aromatic rings. The molecule has 1 fully saturated rings. The monoisotopic (exact) mass is 338 g/mol. The van der Waals surface area contributed by atoms with Gasteiger partial charge in [0.1, 0.15) is 11.4 Å². The van der Waals surface area contributed by atoms with Crippen molar-refractivity contribution >= 4 is 17.7 Å². The minimum atomic E-state index is -1.44. The van der Waals surface area contributed by atoms with Crippen LogP contribution in [-0.4, -0.2) is 52.8 Å². The molecule has 2 rings (SSSR count). The van der Waals surface area contributed by atoms with Crippen LogP contribution >= 0.6 is 0 Å². The number of ether oxygens (including phenoxy) is 1. The zero-order chi connectivity index (χ0) is 18.1. The van der Waals surface area contributed by atoms with Crippen LogP contribution in [-0.2, 0) is 9.53 Å². The van der Waals surface area contributed by atoms with Crippen molar-refractivity contribution in [2.24, 2.45) is 0 Å². The minimum Gasteiger partial charge on any atom is -0.479 e. The van der Waals surface area contributed by atoms with Crippen molar-refractivity contribution in [1.82, 2.24) is 4.90 Å². The van der Waals surface area contributed by atoms with Gasteiger partial charge in [-0.05, 0) is 52.0 Å². The quantitative estimate of drug-likeness (QED) is 0.898. The van der Waals surface area contributed by atoms with Gasteiger partial charge in [0.05, 0.1) is 6.54 Å². The number of hydrogen-bond acceptors (Lipinski definition) is 4. The molecule has 1 saturated heterocycles. The smallest absolute Gasteiger partial charge is 0.411 e. The van der Waals surface area contributed by atoms with Gasteiger partial charge in [-0.15, -0.1) is 0 Å². The van der Waals surface area contributed by atoms with Crippen molar-refractivity contribution in [1.29, 1.82) is 0 Å². The summed E-state index contributed by atoms with van der Waals surface area (Å²) in [4.78, 5) is 27.3. The van der Waals surface area contributed by atoms with Crippen molar-refractivity contribution < 1.29 is 23.8 Å². The number of nitrogens with zero attached hydrogens (tertiary/aromatic N) is 2. The van der Waals surface area contributed by atoms with E-state index in [0.717, 1.165) is 0 Å². The zero-order valence-electron chi connectivity index (χ0n) is 14.4. The third-order valence-electron chi connectivity index (χ3n) is 3.95. The highest BCUT2D eigenvalue weighted by Crippen LogP contribution is 2.28. The standard InChI is InChI=1S/C17H23FN2O4/c1-16(2,3)24-15(23)20-10-9-19(11-17(20,4)14(21)22)13-7-5-12(18)6-8-13/h5-8H,9-11H2,1-4H3,(H,21,22). The molecule has 132 valence electrons. The van der Waals surface area contributed by atoms with Crippen LogP contribution in [0.3, 0.4) is 0 Å². The van der Waals surface area contributed by atoms with Crippen LogP contribution in [0.1, 0.15) is 27.7 Å². The van der Waals surface area contributed by atoms with Gasteiger partial charge in [0.2, 0.25) is 0 Å². The highest BCUT2D eigenvalue weighted by Gasteiger charge is 2.48. The molecule has 1 unspecified atom stereocenters. The molecule has 0 aromatic heterocycles. The number of carboxylic acid groups (broad SMARTS) is 1. The maximum Gasteiger partial charge on any atom is 0.411 e. The Hall–Kier alpha value is -2.31. The van der Waals surface area contributed by atoms with Gasteiger partial charge in [-0.3, -0.25) is 4.90 Å². The molecule has 1 aliphatic rings. The number of aliphatic carboxylic acids is 1. The van der Waals surface area contributed by atoms with Gasteiger partial charge in [0, 0.05) is 18.8 Å². The first-order chi connectivity index (χ1) is 11.0. The van der Waals surface area contributed by atoms with Gasteiger partial charge < -0.3 is 14.7 Å². The van der Waals surface area contributed by atoms with E-state index >= 15 is 0 Å². The van der Waals surface area contributed by atoms with E-state index in [1.807, 2.05) is 4.90 Å². The Bertz CT molecular complexity index is 626. The summed E-state index contributed by atoms with van der Waals surface area (Å²) < 4.78 is 18.4. The molecule has 0 saturated carbocycles. The minimum absolute atomic E-state index is 0.0905. The summed E-state index contributed by atoms with van der Waals surface area (Å²) in [6.07, 6.45) is -0.647. The molecule has 0 spiro atoms. The second-order valence-corrected chi connectivity index (χ2v) is 7.11. The van der Waals surface area contributed by atoms with E-state index in [1.54, 1.807) is 32.9 Å². The lowest BCUT2D eigenvalue weighted by atomic mass is 9.96. The summed E-state index contributed by atoms with van der Waals surface area (Å²) in [7, 11) is 0. The van der Waals surface area contributed by atoms with Crippen LogP contribution in [0, 0.1) is 5.82 Å². The fraction of sp³-hybridized carbons (Fsp3) is 0.529. The molecule has 1 aliphatic heterocycles. The normalized spacial score (nSPS) is 21.5. The Balaban J connectivity index is 2.24. The van der Waals surface area contributed by atoms with Gasteiger partial charge in [-0.2, -0.15) is 0 Å². The fourth-order valence-electron chi connectivity index (χ4n) is 2.67.